The summed E-state index contributed by atoms with van der Waals surface area (Å²) >= 11 is 0. The Morgan fingerprint density at radius 1 is 1.03 bits per heavy atom. The summed E-state index contributed by atoms with van der Waals surface area (Å²) in [7, 11) is 1.03. The molecule has 1 aliphatic heterocycles. The Morgan fingerprint density at radius 3 is 2.28 bits per heavy atom. The number of carbonyl (C=O) groups excluding carboxylic acids is 2. The molecule has 0 N–H and O–H groups in total. The van der Waals surface area contributed by atoms with E-state index < -0.39 is 16.7 Å². The number of Topliss-reactive ketones (excluding diaryl/α,β-unsaturated/α-hetero) is 1. The molecule has 8 nitrogen and oxygen atoms in total. The Hall–Kier alpha value is -2.82. The van der Waals surface area contributed by atoms with Crippen LogP contribution in [-0.4, -0.2) is 88.3 Å². The smallest absolute Gasteiger partial charge is 0.243 e. The first-order valence-corrected chi connectivity index (χ1v) is 14.7. The molecule has 2 aromatic rings. The molecule has 0 unspecified atom stereocenters. The molecule has 0 saturated carbocycles. The van der Waals surface area contributed by atoms with Crippen molar-refractivity contribution >= 4 is 21.7 Å². The Labute approximate surface area is 231 Å². The summed E-state index contributed by atoms with van der Waals surface area (Å²) in [6.45, 7) is 4.50. The zero-order chi connectivity index (χ0) is 28.7. The maximum Gasteiger partial charge on any atom is 0.243 e. The number of alkyl halides is 1. The molecule has 0 aromatic heterocycles. The third-order valence-corrected chi connectivity index (χ3v) is 9.34. The van der Waals surface area contributed by atoms with Crippen molar-refractivity contribution in [2.75, 3.05) is 54.1 Å². The van der Waals surface area contributed by atoms with E-state index in [1.165, 1.54) is 30.2 Å². The average Bonchev–Trinajstić information content (AvgIpc) is 3.07. The fourth-order valence-corrected chi connectivity index (χ4v) is 6.57. The van der Waals surface area contributed by atoms with Gasteiger partial charge in [0.15, 0.2) is 0 Å². The van der Waals surface area contributed by atoms with Crippen molar-refractivity contribution < 1.29 is 27.1 Å². The van der Waals surface area contributed by atoms with E-state index in [9.17, 15) is 22.4 Å². The first kappa shape index (κ1) is 30.7. The summed E-state index contributed by atoms with van der Waals surface area (Å²) in [5.41, 5.74) is 4.53. The van der Waals surface area contributed by atoms with Crippen LogP contribution in [0.25, 0.3) is 0 Å². The van der Waals surface area contributed by atoms with Gasteiger partial charge in [-0.3, -0.25) is 9.59 Å². The Bertz CT molecular complexity index is 1270. The zero-order valence-corrected chi connectivity index (χ0v) is 24.4. The molecule has 0 fully saturated rings. The molecule has 0 saturated heterocycles. The van der Waals surface area contributed by atoms with Crippen molar-refractivity contribution in [2.24, 2.45) is 0 Å². The van der Waals surface area contributed by atoms with Crippen LogP contribution in [0.2, 0.25) is 0 Å². The Balaban J connectivity index is 1.61. The van der Waals surface area contributed by atoms with Crippen LogP contribution >= 0.6 is 0 Å². The van der Waals surface area contributed by atoms with E-state index in [2.05, 4.69) is 24.1 Å². The van der Waals surface area contributed by atoms with E-state index in [0.29, 0.717) is 16.9 Å². The van der Waals surface area contributed by atoms with Crippen molar-refractivity contribution in [3.63, 3.8) is 0 Å². The molecule has 0 spiro atoms. The van der Waals surface area contributed by atoms with Gasteiger partial charge >= 0.3 is 0 Å². The lowest BCUT2D eigenvalue weighted by molar-refractivity contribution is -0.134. The van der Waals surface area contributed by atoms with Gasteiger partial charge in [0.05, 0.1) is 18.6 Å². The van der Waals surface area contributed by atoms with Crippen LogP contribution in [0.4, 0.5) is 4.39 Å². The molecule has 214 valence electrons. The number of amides is 1. The minimum absolute atomic E-state index is 0.0584. The quantitative estimate of drug-likeness (QED) is 0.395. The van der Waals surface area contributed by atoms with Gasteiger partial charge in [-0.05, 0) is 73.7 Å². The fourth-order valence-electron chi connectivity index (χ4n) is 5.01. The first-order valence-electron chi connectivity index (χ1n) is 13.2. The highest BCUT2D eigenvalue weighted by Gasteiger charge is 2.27. The molecule has 2 aromatic carbocycles. The lowest BCUT2D eigenvalue weighted by Crippen LogP contribution is -2.35. The van der Waals surface area contributed by atoms with E-state index in [0.717, 1.165) is 35.8 Å². The molecule has 1 aliphatic rings. The number of ketones is 1. The monoisotopic (exact) mass is 561 g/mol. The van der Waals surface area contributed by atoms with Gasteiger partial charge in [0, 0.05) is 46.1 Å². The van der Waals surface area contributed by atoms with E-state index in [-0.39, 0.29) is 49.1 Å². The number of likely N-dealkylation sites (N-methyl/N-ethyl adjacent to an activating group) is 2. The highest BCUT2D eigenvalue weighted by molar-refractivity contribution is 7.89. The number of carbonyl (C=O) groups is 2. The number of sulfonamides is 1. The van der Waals surface area contributed by atoms with Crippen molar-refractivity contribution in [2.45, 2.75) is 51.0 Å². The van der Waals surface area contributed by atoms with Gasteiger partial charge in [0.25, 0.3) is 0 Å². The highest BCUT2D eigenvalue weighted by atomic mass is 32.2. The van der Waals surface area contributed by atoms with Gasteiger partial charge in [-0.25, -0.2) is 12.8 Å². The van der Waals surface area contributed by atoms with Gasteiger partial charge in [-0.1, -0.05) is 18.2 Å². The van der Waals surface area contributed by atoms with Crippen molar-refractivity contribution in [3.05, 3.63) is 58.1 Å². The standard InChI is InChI=1S/C29H40FN3O5S/c1-21-16-27(38-5)17-22(2)29(21)39(36,37)32(4)20-26(34)8-9-28(35)33(15-12-30)19-23-6-7-24-10-13-31(3)14-11-25(24)18-23/h6-7,16-18H,8-15,19-20H2,1-5H3. The molecular weight excluding hydrogens is 521 g/mol. The summed E-state index contributed by atoms with van der Waals surface area (Å²) in [5.74, 6) is -0.159. The maximum absolute atomic E-state index is 13.3. The minimum Gasteiger partial charge on any atom is -0.497 e. The number of ether oxygens (including phenoxy) is 1. The van der Waals surface area contributed by atoms with Gasteiger partial charge in [-0.15, -0.1) is 0 Å². The Morgan fingerprint density at radius 2 is 1.67 bits per heavy atom. The number of rotatable bonds is 12. The largest absolute Gasteiger partial charge is 0.497 e. The van der Waals surface area contributed by atoms with Crippen molar-refractivity contribution in [1.82, 2.24) is 14.1 Å². The van der Waals surface area contributed by atoms with Crippen molar-refractivity contribution in [1.29, 1.82) is 0 Å². The second kappa shape index (κ2) is 13.5. The summed E-state index contributed by atoms with van der Waals surface area (Å²) in [5, 5.41) is 0. The van der Waals surface area contributed by atoms with E-state index in [1.807, 2.05) is 6.07 Å². The molecule has 0 bridgehead atoms. The second-order valence-corrected chi connectivity index (χ2v) is 12.3. The number of hydrogen-bond donors (Lipinski definition) is 0. The molecule has 10 heteroatoms. The predicted octanol–water partition coefficient (Wildman–Crippen LogP) is 3.31. The normalized spacial score (nSPS) is 14.1. The van der Waals surface area contributed by atoms with Crippen LogP contribution in [0.15, 0.2) is 35.2 Å². The van der Waals surface area contributed by atoms with Gasteiger partial charge in [-0.2, -0.15) is 4.31 Å². The zero-order valence-electron chi connectivity index (χ0n) is 23.6. The SMILES string of the molecule is COc1cc(C)c(S(=O)(=O)N(C)CC(=O)CCC(=O)N(CCF)Cc2ccc3c(c2)CCN(C)CC3)c(C)c1. The first-order chi connectivity index (χ1) is 18.5. The van der Waals surface area contributed by atoms with Gasteiger partial charge in [0.2, 0.25) is 15.9 Å². The van der Waals surface area contributed by atoms with E-state index >= 15 is 0 Å². The van der Waals surface area contributed by atoms with Crippen LogP contribution in [0.1, 0.15) is 40.7 Å². The van der Waals surface area contributed by atoms with Gasteiger partial charge in [0.1, 0.15) is 18.2 Å². The highest BCUT2D eigenvalue weighted by Crippen LogP contribution is 2.28. The van der Waals surface area contributed by atoms with Crippen LogP contribution in [0, 0.1) is 13.8 Å². The average molecular weight is 562 g/mol. The summed E-state index contributed by atoms with van der Waals surface area (Å²) in [4.78, 5) is 29.5. The molecule has 0 atom stereocenters. The molecule has 0 radical (unpaired) electrons. The predicted molar refractivity (Wildman–Crippen MR) is 149 cm³/mol. The summed E-state index contributed by atoms with van der Waals surface area (Å²) < 4.78 is 45.9. The number of nitrogens with zero attached hydrogens (tertiary/aromatic N) is 3. The third kappa shape index (κ3) is 7.86. The fraction of sp³-hybridized carbons (Fsp3) is 0.517. The number of aryl methyl sites for hydroxylation is 2. The number of benzene rings is 2. The third-order valence-electron chi connectivity index (χ3n) is 7.23. The van der Waals surface area contributed by atoms with Crippen LogP contribution in [0.5, 0.6) is 5.75 Å². The number of halogens is 1. The summed E-state index contributed by atoms with van der Waals surface area (Å²) in [6.07, 6.45) is 1.67. The summed E-state index contributed by atoms with van der Waals surface area (Å²) in [6, 6.07) is 9.44. The lowest BCUT2D eigenvalue weighted by atomic mass is 10.00. The number of methoxy groups -OCH3 is 1. The molecule has 39 heavy (non-hydrogen) atoms. The molecular formula is C29H40FN3O5S. The van der Waals surface area contributed by atoms with Gasteiger partial charge < -0.3 is 14.5 Å². The van der Waals surface area contributed by atoms with E-state index in [1.54, 1.807) is 26.0 Å². The van der Waals surface area contributed by atoms with Crippen molar-refractivity contribution in [3.8, 4) is 5.75 Å². The molecule has 1 heterocycles. The minimum atomic E-state index is -3.93. The maximum atomic E-state index is 13.3. The number of hydrogen-bond acceptors (Lipinski definition) is 6. The number of fused-ring (bicyclic) bond motifs is 1. The molecule has 1 amide bonds. The van der Waals surface area contributed by atoms with Crippen LogP contribution < -0.4 is 4.74 Å². The second-order valence-electron chi connectivity index (χ2n) is 10.3. The lowest BCUT2D eigenvalue weighted by Gasteiger charge is -2.23. The molecule has 3 rings (SSSR count). The van der Waals surface area contributed by atoms with Crippen LogP contribution in [-0.2, 0) is 39.0 Å². The molecule has 0 aliphatic carbocycles. The van der Waals surface area contributed by atoms with Crippen LogP contribution in [0.3, 0.4) is 0 Å². The Kier molecular flexibility index (Phi) is 10.6. The topological polar surface area (TPSA) is 87.2 Å². The van der Waals surface area contributed by atoms with E-state index in [4.69, 9.17) is 4.74 Å².